The standard InChI is InChI=1S/C17H21NO4S/c1-13-3-9-16(10-4-13)23(20,21)18-17(11-12-19)14-5-7-15(22-2)8-6-14/h3-10,17-19H,11-12H2,1-2H3. The normalized spacial score (nSPS) is 12.8. The van der Waals surface area contributed by atoms with Crippen LogP contribution in [0.25, 0.3) is 0 Å². The molecule has 0 bridgehead atoms. The fourth-order valence-electron chi connectivity index (χ4n) is 2.23. The Labute approximate surface area is 137 Å². The van der Waals surface area contributed by atoms with Crippen LogP contribution in [0.3, 0.4) is 0 Å². The van der Waals surface area contributed by atoms with E-state index in [9.17, 15) is 13.5 Å². The Morgan fingerprint density at radius 3 is 2.22 bits per heavy atom. The van der Waals surface area contributed by atoms with Crippen molar-refractivity contribution in [3.8, 4) is 5.75 Å². The third kappa shape index (κ3) is 4.54. The van der Waals surface area contributed by atoms with Crippen molar-refractivity contribution in [3.05, 3.63) is 59.7 Å². The molecular formula is C17H21NO4S. The van der Waals surface area contributed by atoms with E-state index in [4.69, 9.17) is 4.74 Å². The van der Waals surface area contributed by atoms with Gasteiger partial charge in [0.15, 0.2) is 0 Å². The predicted molar refractivity (Wildman–Crippen MR) is 88.9 cm³/mol. The predicted octanol–water partition coefficient (Wildman–Crippen LogP) is 2.41. The average Bonchev–Trinajstić information content (AvgIpc) is 2.55. The second-order valence-electron chi connectivity index (χ2n) is 5.27. The SMILES string of the molecule is COc1ccc(C(CCO)NS(=O)(=O)c2ccc(C)cc2)cc1. The summed E-state index contributed by atoms with van der Waals surface area (Å²) in [6.07, 6.45) is 0.289. The molecule has 2 N–H and O–H groups in total. The van der Waals surface area contributed by atoms with E-state index in [0.717, 1.165) is 11.1 Å². The quantitative estimate of drug-likeness (QED) is 0.815. The number of sulfonamides is 1. The fraction of sp³-hybridized carbons (Fsp3) is 0.294. The molecule has 0 aliphatic heterocycles. The van der Waals surface area contributed by atoms with Gasteiger partial charge in [-0.3, -0.25) is 0 Å². The van der Waals surface area contributed by atoms with Gasteiger partial charge in [-0.1, -0.05) is 29.8 Å². The van der Waals surface area contributed by atoms with Gasteiger partial charge in [0, 0.05) is 12.6 Å². The van der Waals surface area contributed by atoms with Crippen molar-refractivity contribution in [1.29, 1.82) is 0 Å². The van der Waals surface area contributed by atoms with Gasteiger partial charge in [0.05, 0.1) is 12.0 Å². The Balaban J connectivity index is 2.25. The zero-order valence-electron chi connectivity index (χ0n) is 13.2. The van der Waals surface area contributed by atoms with Gasteiger partial charge in [0.25, 0.3) is 0 Å². The molecule has 2 aromatic carbocycles. The summed E-state index contributed by atoms with van der Waals surface area (Å²) in [5.74, 6) is 0.692. The number of benzene rings is 2. The van der Waals surface area contributed by atoms with Gasteiger partial charge < -0.3 is 9.84 Å². The molecule has 0 spiro atoms. The average molecular weight is 335 g/mol. The molecule has 0 heterocycles. The monoisotopic (exact) mass is 335 g/mol. The van der Waals surface area contributed by atoms with Crippen LogP contribution in [0.2, 0.25) is 0 Å². The maximum absolute atomic E-state index is 12.5. The lowest BCUT2D eigenvalue weighted by molar-refractivity contribution is 0.272. The Morgan fingerprint density at radius 2 is 1.70 bits per heavy atom. The highest BCUT2D eigenvalue weighted by Gasteiger charge is 2.21. The number of hydrogen-bond acceptors (Lipinski definition) is 4. The maximum atomic E-state index is 12.5. The molecule has 1 unspecified atom stereocenters. The van der Waals surface area contributed by atoms with Crippen molar-refractivity contribution in [2.24, 2.45) is 0 Å². The van der Waals surface area contributed by atoms with Crippen molar-refractivity contribution < 1.29 is 18.3 Å². The topological polar surface area (TPSA) is 75.6 Å². The zero-order valence-corrected chi connectivity index (χ0v) is 14.0. The number of ether oxygens (including phenoxy) is 1. The van der Waals surface area contributed by atoms with Gasteiger partial charge in [-0.2, -0.15) is 0 Å². The van der Waals surface area contributed by atoms with Gasteiger partial charge in [-0.15, -0.1) is 0 Å². The molecule has 5 nitrogen and oxygen atoms in total. The summed E-state index contributed by atoms with van der Waals surface area (Å²) in [6, 6.07) is 13.3. The lowest BCUT2D eigenvalue weighted by Crippen LogP contribution is -2.29. The molecule has 0 fully saturated rings. The van der Waals surface area contributed by atoms with Crippen molar-refractivity contribution in [2.45, 2.75) is 24.3 Å². The second kappa shape index (κ2) is 7.59. The van der Waals surface area contributed by atoms with E-state index in [-0.39, 0.29) is 17.9 Å². The van der Waals surface area contributed by atoms with Crippen LogP contribution in [0.15, 0.2) is 53.4 Å². The third-order valence-corrected chi connectivity index (χ3v) is 5.05. The number of rotatable bonds is 7. The van der Waals surface area contributed by atoms with E-state index in [1.807, 2.05) is 6.92 Å². The molecule has 1 atom stereocenters. The van der Waals surface area contributed by atoms with Crippen LogP contribution in [0.1, 0.15) is 23.6 Å². The molecule has 0 aliphatic rings. The minimum atomic E-state index is -3.65. The number of methoxy groups -OCH3 is 1. The molecule has 2 rings (SSSR count). The molecule has 6 heteroatoms. The maximum Gasteiger partial charge on any atom is 0.241 e. The van der Waals surface area contributed by atoms with Crippen molar-refractivity contribution >= 4 is 10.0 Å². The number of aliphatic hydroxyl groups is 1. The number of nitrogens with one attached hydrogen (secondary N) is 1. The van der Waals surface area contributed by atoms with Gasteiger partial charge in [0.2, 0.25) is 10.0 Å². The van der Waals surface area contributed by atoms with Crippen molar-refractivity contribution in [1.82, 2.24) is 4.72 Å². The molecule has 124 valence electrons. The van der Waals surface area contributed by atoms with E-state index < -0.39 is 16.1 Å². The van der Waals surface area contributed by atoms with Crippen LogP contribution in [-0.2, 0) is 10.0 Å². The molecular weight excluding hydrogens is 314 g/mol. The Bertz CT molecular complexity index is 724. The van der Waals surface area contributed by atoms with E-state index in [1.165, 1.54) is 0 Å². The molecule has 2 aromatic rings. The first-order valence-corrected chi connectivity index (χ1v) is 8.78. The molecule has 0 saturated heterocycles. The zero-order chi connectivity index (χ0) is 16.9. The van der Waals surface area contributed by atoms with Crippen LogP contribution >= 0.6 is 0 Å². The van der Waals surface area contributed by atoms with Gasteiger partial charge >= 0.3 is 0 Å². The first-order valence-electron chi connectivity index (χ1n) is 7.30. The van der Waals surface area contributed by atoms with Crippen LogP contribution in [-0.4, -0.2) is 27.2 Å². The summed E-state index contributed by atoms with van der Waals surface area (Å²) in [7, 11) is -2.08. The van der Waals surface area contributed by atoms with Crippen molar-refractivity contribution in [2.75, 3.05) is 13.7 Å². The highest BCUT2D eigenvalue weighted by atomic mass is 32.2. The first kappa shape index (κ1) is 17.5. The molecule has 0 aliphatic carbocycles. The highest BCUT2D eigenvalue weighted by molar-refractivity contribution is 7.89. The van der Waals surface area contributed by atoms with E-state index in [0.29, 0.717) is 5.75 Å². The Hall–Kier alpha value is -1.89. The summed E-state index contributed by atoms with van der Waals surface area (Å²) < 4.78 is 32.8. The van der Waals surface area contributed by atoms with Gasteiger partial charge in [-0.25, -0.2) is 13.1 Å². The minimum Gasteiger partial charge on any atom is -0.497 e. The fourth-order valence-corrected chi connectivity index (χ4v) is 3.49. The van der Waals surface area contributed by atoms with E-state index in [2.05, 4.69) is 4.72 Å². The molecule has 0 amide bonds. The third-order valence-electron chi connectivity index (χ3n) is 3.56. The Morgan fingerprint density at radius 1 is 1.09 bits per heavy atom. The largest absolute Gasteiger partial charge is 0.497 e. The van der Waals surface area contributed by atoms with Crippen LogP contribution in [0.4, 0.5) is 0 Å². The summed E-state index contributed by atoms with van der Waals surface area (Å²) in [5.41, 5.74) is 1.77. The lowest BCUT2D eigenvalue weighted by atomic mass is 10.1. The van der Waals surface area contributed by atoms with Gasteiger partial charge in [0.1, 0.15) is 5.75 Å². The molecule has 23 heavy (non-hydrogen) atoms. The van der Waals surface area contributed by atoms with E-state index >= 15 is 0 Å². The number of aliphatic hydroxyl groups excluding tert-OH is 1. The summed E-state index contributed by atoms with van der Waals surface area (Å²) >= 11 is 0. The number of aryl methyl sites for hydroxylation is 1. The van der Waals surface area contributed by atoms with Crippen LogP contribution < -0.4 is 9.46 Å². The lowest BCUT2D eigenvalue weighted by Gasteiger charge is -2.19. The molecule has 0 saturated carbocycles. The molecule has 0 aromatic heterocycles. The van der Waals surface area contributed by atoms with Crippen LogP contribution in [0.5, 0.6) is 5.75 Å². The first-order chi connectivity index (χ1) is 11.0. The van der Waals surface area contributed by atoms with Crippen LogP contribution in [0, 0.1) is 6.92 Å². The van der Waals surface area contributed by atoms with E-state index in [1.54, 1.807) is 55.6 Å². The summed E-state index contributed by atoms with van der Waals surface area (Å²) in [5, 5.41) is 9.24. The summed E-state index contributed by atoms with van der Waals surface area (Å²) in [6.45, 7) is 1.78. The highest BCUT2D eigenvalue weighted by Crippen LogP contribution is 2.22. The number of hydrogen-bond donors (Lipinski definition) is 2. The van der Waals surface area contributed by atoms with Gasteiger partial charge in [-0.05, 0) is 43.2 Å². The Kier molecular flexibility index (Phi) is 5.76. The van der Waals surface area contributed by atoms with Crippen molar-refractivity contribution in [3.63, 3.8) is 0 Å². The smallest absolute Gasteiger partial charge is 0.241 e. The molecule has 0 radical (unpaired) electrons. The second-order valence-corrected chi connectivity index (χ2v) is 6.99. The minimum absolute atomic E-state index is 0.118. The summed E-state index contributed by atoms with van der Waals surface area (Å²) in [4.78, 5) is 0.208.